The summed E-state index contributed by atoms with van der Waals surface area (Å²) in [6, 6.07) is 0.181. The fraction of sp³-hybridized carbons (Fsp3) is 0.579. The van der Waals surface area contributed by atoms with E-state index in [0.29, 0.717) is 12.1 Å². The van der Waals surface area contributed by atoms with E-state index < -0.39 is 46.8 Å². The molecule has 27 heavy (non-hydrogen) atoms. The minimum absolute atomic E-state index is 0.182. The first-order chi connectivity index (χ1) is 12.2. The van der Waals surface area contributed by atoms with Crippen molar-refractivity contribution in [1.29, 1.82) is 0 Å². The zero-order valence-corrected chi connectivity index (χ0v) is 16.4. The summed E-state index contributed by atoms with van der Waals surface area (Å²) < 4.78 is 50.8. The first-order valence-electron chi connectivity index (χ1n) is 8.51. The molecule has 1 amide bonds. The zero-order chi connectivity index (χ0) is 21.0. The van der Waals surface area contributed by atoms with Gasteiger partial charge in [0.1, 0.15) is 17.0 Å². The highest BCUT2D eigenvalue weighted by atomic mass is 19.2. The molecule has 1 rings (SSSR count). The van der Waals surface area contributed by atoms with Crippen LogP contribution in [0, 0.1) is 17.5 Å². The summed E-state index contributed by atoms with van der Waals surface area (Å²) in [5, 5.41) is 2.46. The highest BCUT2D eigenvalue weighted by molar-refractivity contribution is 5.73. The third-order valence-corrected chi connectivity index (χ3v) is 3.11. The maximum absolute atomic E-state index is 13.9. The number of carbonyl (C=O) groups excluding carboxylic acids is 2. The Hall–Kier alpha value is -2.25. The molecule has 0 aromatic heterocycles. The van der Waals surface area contributed by atoms with Crippen LogP contribution in [0.25, 0.3) is 0 Å². The molecule has 0 aliphatic rings. The molecular formula is C19H26F3NO4. The monoisotopic (exact) mass is 389 g/mol. The van der Waals surface area contributed by atoms with Gasteiger partial charge >= 0.3 is 12.1 Å². The van der Waals surface area contributed by atoms with Crippen molar-refractivity contribution >= 4 is 12.1 Å². The van der Waals surface area contributed by atoms with E-state index in [1.807, 2.05) is 0 Å². The first kappa shape index (κ1) is 22.8. The predicted octanol–water partition coefficient (Wildman–Crippen LogP) is 4.27. The molecular weight excluding hydrogens is 363 g/mol. The van der Waals surface area contributed by atoms with Crippen LogP contribution in [-0.2, 0) is 20.7 Å². The van der Waals surface area contributed by atoms with Crippen LogP contribution in [0.2, 0.25) is 0 Å². The molecule has 1 N–H and O–H groups in total. The quantitative estimate of drug-likeness (QED) is 0.603. The third kappa shape index (κ3) is 8.79. The minimum atomic E-state index is -1.32. The van der Waals surface area contributed by atoms with E-state index in [0.717, 1.165) is 0 Å². The number of ether oxygens (including phenoxy) is 2. The zero-order valence-electron chi connectivity index (χ0n) is 16.4. The van der Waals surface area contributed by atoms with Gasteiger partial charge in [-0.3, -0.25) is 4.79 Å². The van der Waals surface area contributed by atoms with Gasteiger partial charge in [-0.1, -0.05) is 0 Å². The number of alkyl carbamates (subject to hydrolysis) is 1. The normalized spacial score (nSPS) is 13.1. The summed E-state index contributed by atoms with van der Waals surface area (Å²) in [4.78, 5) is 24.1. The van der Waals surface area contributed by atoms with Crippen molar-refractivity contribution in [2.24, 2.45) is 0 Å². The van der Waals surface area contributed by atoms with Crippen LogP contribution < -0.4 is 5.32 Å². The van der Waals surface area contributed by atoms with Crippen molar-refractivity contribution in [2.45, 2.75) is 71.6 Å². The molecule has 0 heterocycles. The second kappa shape index (κ2) is 8.63. The number of rotatable bonds is 5. The summed E-state index contributed by atoms with van der Waals surface area (Å²) in [5.74, 6) is -4.15. The lowest BCUT2D eigenvalue weighted by molar-refractivity contribution is -0.155. The van der Waals surface area contributed by atoms with Gasteiger partial charge in [0.2, 0.25) is 0 Å². The Labute approximate surface area is 157 Å². The topological polar surface area (TPSA) is 64.6 Å². The summed E-state index contributed by atoms with van der Waals surface area (Å²) >= 11 is 0. The van der Waals surface area contributed by atoms with Gasteiger partial charge in [0.25, 0.3) is 0 Å². The van der Waals surface area contributed by atoms with E-state index in [1.165, 1.54) is 0 Å². The maximum atomic E-state index is 13.9. The van der Waals surface area contributed by atoms with Crippen molar-refractivity contribution < 1.29 is 32.2 Å². The van der Waals surface area contributed by atoms with Crippen LogP contribution in [0.3, 0.4) is 0 Å². The number of carbonyl (C=O) groups is 2. The molecule has 1 unspecified atom stereocenters. The molecule has 1 aromatic rings. The second-order valence-electron chi connectivity index (χ2n) is 8.20. The lowest BCUT2D eigenvalue weighted by atomic mass is 10.0. The molecule has 0 aliphatic heterocycles. The molecule has 0 saturated carbocycles. The first-order valence-corrected chi connectivity index (χ1v) is 8.51. The van der Waals surface area contributed by atoms with Crippen molar-refractivity contribution in [3.63, 3.8) is 0 Å². The summed E-state index contributed by atoms with van der Waals surface area (Å²) in [5.41, 5.74) is -1.72. The molecule has 1 aromatic carbocycles. The minimum Gasteiger partial charge on any atom is -0.460 e. The summed E-state index contributed by atoms with van der Waals surface area (Å²) in [7, 11) is 0. The summed E-state index contributed by atoms with van der Waals surface area (Å²) in [6.07, 6.45) is -1.37. The predicted molar refractivity (Wildman–Crippen MR) is 93.6 cm³/mol. The number of halogens is 3. The average Bonchev–Trinajstić information content (AvgIpc) is 2.40. The van der Waals surface area contributed by atoms with Gasteiger partial charge in [0.15, 0.2) is 11.6 Å². The third-order valence-electron chi connectivity index (χ3n) is 3.11. The Balaban J connectivity index is 2.98. The maximum Gasteiger partial charge on any atom is 0.407 e. The van der Waals surface area contributed by atoms with E-state index in [9.17, 15) is 22.8 Å². The van der Waals surface area contributed by atoms with Crippen molar-refractivity contribution in [2.75, 3.05) is 0 Å². The van der Waals surface area contributed by atoms with Gasteiger partial charge in [-0.15, -0.1) is 0 Å². The Morgan fingerprint density at radius 1 is 0.926 bits per heavy atom. The number of hydrogen-bond acceptors (Lipinski definition) is 4. The van der Waals surface area contributed by atoms with Crippen molar-refractivity contribution in [1.82, 2.24) is 5.32 Å². The average molecular weight is 389 g/mol. The van der Waals surface area contributed by atoms with E-state index in [1.54, 1.807) is 41.5 Å². The standard InChI is InChI=1S/C19H26F3NO4/c1-18(2,3)26-16(24)9-12(23-17(25)27-19(4,5)6)7-11-8-14(21)15(22)10-13(11)20/h8,10,12H,7,9H2,1-6H3,(H,23,25). The molecule has 152 valence electrons. The molecule has 0 fully saturated rings. The largest absolute Gasteiger partial charge is 0.460 e. The highest BCUT2D eigenvalue weighted by Gasteiger charge is 2.25. The van der Waals surface area contributed by atoms with E-state index in [-0.39, 0.29) is 18.4 Å². The Bertz CT molecular complexity index is 663. The van der Waals surface area contributed by atoms with Crippen LogP contribution in [0.4, 0.5) is 18.0 Å². The molecule has 0 aliphatic carbocycles. The number of nitrogens with one attached hydrogen (secondary N) is 1. The van der Waals surface area contributed by atoms with Gasteiger partial charge in [-0.05, 0) is 59.6 Å². The Kier molecular flexibility index (Phi) is 7.28. The highest BCUT2D eigenvalue weighted by Crippen LogP contribution is 2.18. The smallest absolute Gasteiger partial charge is 0.407 e. The van der Waals surface area contributed by atoms with Crippen molar-refractivity contribution in [3.05, 3.63) is 35.1 Å². The van der Waals surface area contributed by atoms with E-state index in [4.69, 9.17) is 9.47 Å². The van der Waals surface area contributed by atoms with Gasteiger partial charge in [0, 0.05) is 12.1 Å². The van der Waals surface area contributed by atoms with Gasteiger partial charge in [-0.25, -0.2) is 18.0 Å². The Morgan fingerprint density at radius 2 is 1.44 bits per heavy atom. The fourth-order valence-electron chi connectivity index (χ4n) is 2.22. The van der Waals surface area contributed by atoms with E-state index in [2.05, 4.69) is 5.32 Å². The number of amides is 1. The van der Waals surface area contributed by atoms with Gasteiger partial charge < -0.3 is 14.8 Å². The van der Waals surface area contributed by atoms with Crippen LogP contribution >= 0.6 is 0 Å². The lowest BCUT2D eigenvalue weighted by Crippen LogP contribution is -2.42. The molecule has 0 spiro atoms. The molecule has 0 bridgehead atoms. The summed E-state index contributed by atoms with van der Waals surface area (Å²) in [6.45, 7) is 10.0. The van der Waals surface area contributed by atoms with Crippen LogP contribution in [0.5, 0.6) is 0 Å². The second-order valence-corrected chi connectivity index (χ2v) is 8.20. The number of hydrogen-bond donors (Lipinski definition) is 1. The number of esters is 1. The SMILES string of the molecule is CC(C)(C)OC(=O)CC(Cc1cc(F)c(F)cc1F)NC(=O)OC(C)(C)C. The van der Waals surface area contributed by atoms with Gasteiger partial charge in [0.05, 0.1) is 6.42 Å². The lowest BCUT2D eigenvalue weighted by Gasteiger charge is -2.25. The molecule has 5 nitrogen and oxygen atoms in total. The van der Waals surface area contributed by atoms with Crippen LogP contribution in [0.1, 0.15) is 53.5 Å². The van der Waals surface area contributed by atoms with E-state index >= 15 is 0 Å². The fourth-order valence-corrected chi connectivity index (χ4v) is 2.22. The van der Waals surface area contributed by atoms with Crippen LogP contribution in [0.15, 0.2) is 12.1 Å². The van der Waals surface area contributed by atoms with Crippen LogP contribution in [-0.4, -0.2) is 29.3 Å². The molecule has 0 radical (unpaired) electrons. The van der Waals surface area contributed by atoms with Crippen molar-refractivity contribution in [3.8, 4) is 0 Å². The molecule has 8 heteroatoms. The molecule has 1 atom stereocenters. The molecule has 0 saturated heterocycles. The Morgan fingerprint density at radius 3 is 1.96 bits per heavy atom. The number of benzene rings is 1. The van der Waals surface area contributed by atoms with Gasteiger partial charge in [-0.2, -0.15) is 0 Å².